The molecule has 0 atom stereocenters. The van der Waals surface area contributed by atoms with E-state index in [0.717, 1.165) is 6.08 Å². The molecule has 1 aromatic heterocycles. The summed E-state index contributed by atoms with van der Waals surface area (Å²) >= 11 is 1.19. The Hall–Kier alpha value is -2.47. The second kappa shape index (κ2) is 6.32. The van der Waals surface area contributed by atoms with Crippen molar-refractivity contribution in [3.63, 3.8) is 0 Å². The van der Waals surface area contributed by atoms with Crippen molar-refractivity contribution in [1.29, 1.82) is 0 Å². The van der Waals surface area contributed by atoms with E-state index in [0.29, 0.717) is 21.7 Å². The lowest BCUT2D eigenvalue weighted by Gasteiger charge is -2.06. The molecule has 2 aromatic rings. The molecular weight excluding hydrogens is 293 g/mol. The predicted molar refractivity (Wildman–Crippen MR) is 80.1 cm³/mol. The van der Waals surface area contributed by atoms with Crippen LogP contribution in [-0.2, 0) is 4.79 Å². The maximum Gasteiger partial charge on any atom is 0.328 e. The van der Waals surface area contributed by atoms with Gasteiger partial charge in [-0.2, -0.15) is 0 Å². The summed E-state index contributed by atoms with van der Waals surface area (Å²) < 4.78 is 13.3. The van der Waals surface area contributed by atoms with Gasteiger partial charge in [-0.25, -0.2) is 9.18 Å². The average Bonchev–Trinajstić information content (AvgIpc) is 2.83. The number of anilines is 1. The number of hydrogen-bond acceptors (Lipinski definition) is 3. The first-order chi connectivity index (χ1) is 9.95. The third kappa shape index (κ3) is 4.00. The Kier molecular flexibility index (Phi) is 4.49. The van der Waals surface area contributed by atoms with E-state index >= 15 is 0 Å². The first-order valence-electron chi connectivity index (χ1n) is 6.03. The van der Waals surface area contributed by atoms with Crippen LogP contribution in [0.3, 0.4) is 0 Å². The molecule has 0 radical (unpaired) electrons. The first-order valence-corrected chi connectivity index (χ1v) is 6.91. The lowest BCUT2D eigenvalue weighted by molar-refractivity contribution is -0.131. The first kappa shape index (κ1) is 14.9. The van der Waals surface area contributed by atoms with Gasteiger partial charge in [-0.15, -0.1) is 11.3 Å². The van der Waals surface area contributed by atoms with Crippen molar-refractivity contribution in [2.45, 2.75) is 6.92 Å². The van der Waals surface area contributed by atoms with Gasteiger partial charge in [0.1, 0.15) is 5.82 Å². The zero-order valence-corrected chi connectivity index (χ0v) is 11.9. The molecule has 0 saturated carbocycles. The Labute approximate surface area is 124 Å². The fourth-order valence-electron chi connectivity index (χ4n) is 1.79. The van der Waals surface area contributed by atoms with Crippen LogP contribution >= 0.6 is 11.3 Å². The minimum atomic E-state index is -1.09. The van der Waals surface area contributed by atoms with Crippen molar-refractivity contribution < 1.29 is 19.1 Å². The van der Waals surface area contributed by atoms with Crippen LogP contribution in [0.15, 0.2) is 35.7 Å². The smallest absolute Gasteiger partial charge is 0.328 e. The van der Waals surface area contributed by atoms with Crippen LogP contribution in [-0.4, -0.2) is 17.0 Å². The molecule has 0 spiro atoms. The van der Waals surface area contributed by atoms with E-state index < -0.39 is 17.7 Å². The molecule has 6 heteroatoms. The maximum atomic E-state index is 13.3. The predicted octanol–water partition coefficient (Wildman–Crippen LogP) is 3.55. The van der Waals surface area contributed by atoms with Gasteiger partial charge in [-0.05, 0) is 53.8 Å². The summed E-state index contributed by atoms with van der Waals surface area (Å²) in [6, 6.07) is 5.89. The maximum absolute atomic E-state index is 13.3. The van der Waals surface area contributed by atoms with E-state index in [9.17, 15) is 14.0 Å². The van der Waals surface area contributed by atoms with Gasteiger partial charge in [-0.3, -0.25) is 4.79 Å². The van der Waals surface area contributed by atoms with Crippen LogP contribution < -0.4 is 5.32 Å². The molecule has 4 nitrogen and oxygen atoms in total. The number of rotatable bonds is 4. The highest BCUT2D eigenvalue weighted by Crippen LogP contribution is 2.21. The number of aryl methyl sites for hydroxylation is 1. The summed E-state index contributed by atoms with van der Waals surface area (Å²) in [5.74, 6) is -1.92. The lowest BCUT2D eigenvalue weighted by Crippen LogP contribution is -2.11. The molecule has 0 saturated heterocycles. The number of amides is 1. The second-order valence-electron chi connectivity index (χ2n) is 4.35. The molecular formula is C15H12FNO3S. The molecule has 0 aliphatic rings. The van der Waals surface area contributed by atoms with Crippen LogP contribution in [0.1, 0.15) is 20.8 Å². The normalized spacial score (nSPS) is 10.8. The largest absolute Gasteiger partial charge is 0.478 e. The van der Waals surface area contributed by atoms with E-state index in [1.165, 1.54) is 29.5 Å². The SMILES string of the molecule is Cc1cc(F)cc(NC(=O)c2sccc2C=CC(=O)O)c1. The Balaban J connectivity index is 2.21. The van der Waals surface area contributed by atoms with E-state index in [-0.39, 0.29) is 0 Å². The minimum Gasteiger partial charge on any atom is -0.478 e. The molecule has 1 amide bonds. The quantitative estimate of drug-likeness (QED) is 0.849. The zero-order chi connectivity index (χ0) is 15.4. The van der Waals surface area contributed by atoms with Crippen molar-refractivity contribution in [2.24, 2.45) is 0 Å². The second-order valence-corrected chi connectivity index (χ2v) is 5.26. The number of thiophene rings is 1. The number of nitrogens with one attached hydrogen (secondary N) is 1. The molecule has 0 aliphatic carbocycles. The van der Waals surface area contributed by atoms with E-state index in [1.807, 2.05) is 0 Å². The monoisotopic (exact) mass is 305 g/mol. The fraction of sp³-hybridized carbons (Fsp3) is 0.0667. The number of carbonyl (C=O) groups is 2. The molecule has 2 N–H and O–H groups in total. The Bertz CT molecular complexity index is 701. The van der Waals surface area contributed by atoms with Crippen molar-refractivity contribution in [1.82, 2.24) is 0 Å². The number of benzene rings is 1. The molecule has 1 aromatic carbocycles. The molecule has 1 heterocycles. The van der Waals surface area contributed by atoms with Crippen molar-refractivity contribution in [3.8, 4) is 0 Å². The Morgan fingerprint density at radius 2 is 2.10 bits per heavy atom. The van der Waals surface area contributed by atoms with Gasteiger partial charge >= 0.3 is 5.97 Å². The third-order valence-corrected chi connectivity index (χ3v) is 3.54. The average molecular weight is 305 g/mol. The summed E-state index contributed by atoms with van der Waals surface area (Å²) in [5, 5.41) is 12.9. The van der Waals surface area contributed by atoms with Crippen LogP contribution in [0.2, 0.25) is 0 Å². The Morgan fingerprint density at radius 3 is 2.76 bits per heavy atom. The third-order valence-electron chi connectivity index (χ3n) is 2.61. The van der Waals surface area contributed by atoms with E-state index in [4.69, 9.17) is 5.11 Å². The molecule has 0 aliphatic heterocycles. The van der Waals surface area contributed by atoms with Gasteiger partial charge < -0.3 is 10.4 Å². The standard InChI is InChI=1S/C15H12FNO3S/c1-9-6-11(16)8-12(7-9)17-15(20)14-10(4-5-21-14)2-3-13(18)19/h2-8H,1H3,(H,17,20)(H,18,19). The molecule has 21 heavy (non-hydrogen) atoms. The van der Waals surface area contributed by atoms with Crippen LogP contribution in [0.5, 0.6) is 0 Å². The number of carbonyl (C=O) groups excluding carboxylic acids is 1. The molecule has 0 bridgehead atoms. The highest BCUT2D eigenvalue weighted by Gasteiger charge is 2.12. The highest BCUT2D eigenvalue weighted by atomic mass is 32.1. The number of hydrogen-bond donors (Lipinski definition) is 2. The summed E-state index contributed by atoms with van der Waals surface area (Å²) in [6.07, 6.45) is 2.32. The van der Waals surface area contributed by atoms with Crippen molar-refractivity contribution in [2.75, 3.05) is 5.32 Å². The Morgan fingerprint density at radius 1 is 1.33 bits per heavy atom. The summed E-state index contributed by atoms with van der Waals surface area (Å²) in [5.41, 5.74) is 1.56. The molecule has 0 unspecified atom stereocenters. The van der Waals surface area contributed by atoms with E-state index in [1.54, 1.807) is 24.4 Å². The number of carboxylic acid groups (broad SMARTS) is 1. The van der Waals surface area contributed by atoms with Gasteiger partial charge in [0.2, 0.25) is 0 Å². The number of halogens is 1. The fourth-order valence-corrected chi connectivity index (χ4v) is 2.57. The van der Waals surface area contributed by atoms with Gasteiger partial charge in [0.25, 0.3) is 5.91 Å². The van der Waals surface area contributed by atoms with Crippen molar-refractivity contribution >= 4 is 35.0 Å². The number of aliphatic carboxylic acids is 1. The summed E-state index contributed by atoms with van der Waals surface area (Å²) in [6.45, 7) is 1.73. The molecule has 2 rings (SSSR count). The molecule has 108 valence electrons. The van der Waals surface area contributed by atoms with Crippen LogP contribution in [0.4, 0.5) is 10.1 Å². The van der Waals surface area contributed by atoms with Crippen LogP contribution in [0, 0.1) is 12.7 Å². The van der Waals surface area contributed by atoms with Crippen LogP contribution in [0.25, 0.3) is 6.08 Å². The molecule has 0 fully saturated rings. The van der Waals surface area contributed by atoms with Gasteiger partial charge in [0.15, 0.2) is 0 Å². The van der Waals surface area contributed by atoms with Gasteiger partial charge in [0, 0.05) is 11.8 Å². The van der Waals surface area contributed by atoms with Gasteiger partial charge in [-0.1, -0.05) is 0 Å². The van der Waals surface area contributed by atoms with Crippen molar-refractivity contribution in [3.05, 3.63) is 57.5 Å². The lowest BCUT2D eigenvalue weighted by atomic mass is 10.2. The minimum absolute atomic E-state index is 0.360. The summed E-state index contributed by atoms with van der Waals surface area (Å²) in [4.78, 5) is 23.0. The topological polar surface area (TPSA) is 66.4 Å². The summed E-state index contributed by atoms with van der Waals surface area (Å²) in [7, 11) is 0. The van der Waals surface area contributed by atoms with E-state index in [2.05, 4.69) is 5.32 Å². The zero-order valence-electron chi connectivity index (χ0n) is 11.1. The number of carboxylic acids is 1. The highest BCUT2D eigenvalue weighted by molar-refractivity contribution is 7.12. The van der Waals surface area contributed by atoms with Gasteiger partial charge in [0.05, 0.1) is 4.88 Å².